The first-order valence-corrected chi connectivity index (χ1v) is 5.85. The van der Waals surface area contributed by atoms with Crippen LogP contribution in [-0.4, -0.2) is 20.9 Å². The fraction of sp³-hybridized carbons (Fsp3) is 0.308. The minimum absolute atomic E-state index is 0.0444. The maximum atomic E-state index is 11.7. The van der Waals surface area contributed by atoms with Gasteiger partial charge < -0.3 is 5.32 Å². The number of rotatable bonds is 4. The van der Waals surface area contributed by atoms with Crippen molar-refractivity contribution in [2.75, 3.05) is 5.32 Å². The molecule has 0 bridgehead atoms. The molecule has 1 N–H and O–H groups in total. The van der Waals surface area contributed by atoms with Gasteiger partial charge in [0, 0.05) is 13.5 Å². The molecule has 18 heavy (non-hydrogen) atoms. The Morgan fingerprint density at radius 3 is 2.94 bits per heavy atom. The van der Waals surface area contributed by atoms with E-state index in [0.717, 1.165) is 6.42 Å². The second kappa shape index (κ2) is 5.44. The van der Waals surface area contributed by atoms with Crippen LogP contribution in [0.1, 0.15) is 17.5 Å². The van der Waals surface area contributed by atoms with Crippen molar-refractivity contribution >= 4 is 11.7 Å². The van der Waals surface area contributed by atoms with E-state index in [-0.39, 0.29) is 5.91 Å². The zero-order chi connectivity index (χ0) is 13.0. The van der Waals surface area contributed by atoms with Gasteiger partial charge in [-0.1, -0.05) is 29.8 Å². The first-order chi connectivity index (χ1) is 8.63. The van der Waals surface area contributed by atoms with Gasteiger partial charge in [-0.05, 0) is 18.9 Å². The van der Waals surface area contributed by atoms with Gasteiger partial charge in [-0.2, -0.15) is 9.90 Å². The van der Waals surface area contributed by atoms with Gasteiger partial charge in [0.15, 0.2) is 5.82 Å². The Hall–Kier alpha value is -2.17. The van der Waals surface area contributed by atoms with E-state index in [1.54, 1.807) is 7.05 Å². The zero-order valence-corrected chi connectivity index (χ0v) is 10.6. The van der Waals surface area contributed by atoms with Crippen LogP contribution in [0.5, 0.6) is 0 Å². The van der Waals surface area contributed by atoms with Crippen LogP contribution in [0.15, 0.2) is 30.5 Å². The SMILES string of the molecule is Cc1cccc(CCC(=O)Nc2cnn(C)n2)c1. The third-order valence-corrected chi connectivity index (χ3v) is 2.59. The van der Waals surface area contributed by atoms with Gasteiger partial charge in [0.25, 0.3) is 0 Å². The number of benzene rings is 1. The first kappa shape index (κ1) is 12.3. The Balaban J connectivity index is 1.85. The van der Waals surface area contributed by atoms with Gasteiger partial charge in [-0.25, -0.2) is 0 Å². The van der Waals surface area contributed by atoms with Gasteiger partial charge in [-0.3, -0.25) is 4.79 Å². The number of amides is 1. The highest BCUT2D eigenvalue weighted by Crippen LogP contribution is 2.07. The van der Waals surface area contributed by atoms with E-state index < -0.39 is 0 Å². The number of carbonyl (C=O) groups is 1. The van der Waals surface area contributed by atoms with Crippen LogP contribution in [-0.2, 0) is 18.3 Å². The number of aryl methyl sites for hydroxylation is 3. The summed E-state index contributed by atoms with van der Waals surface area (Å²) in [6.07, 6.45) is 2.71. The van der Waals surface area contributed by atoms with Crippen LogP contribution in [0.4, 0.5) is 5.82 Å². The van der Waals surface area contributed by atoms with E-state index in [9.17, 15) is 4.79 Å². The zero-order valence-electron chi connectivity index (χ0n) is 10.6. The molecule has 5 nitrogen and oxygen atoms in total. The molecule has 1 amide bonds. The number of anilines is 1. The van der Waals surface area contributed by atoms with Crippen molar-refractivity contribution in [1.82, 2.24) is 15.0 Å². The number of hydrogen-bond donors (Lipinski definition) is 1. The van der Waals surface area contributed by atoms with E-state index in [1.165, 1.54) is 22.1 Å². The normalized spacial score (nSPS) is 10.3. The second-order valence-electron chi connectivity index (χ2n) is 4.26. The molecule has 2 aromatic rings. The molecule has 0 atom stereocenters. The lowest BCUT2D eigenvalue weighted by molar-refractivity contribution is -0.116. The number of aromatic nitrogens is 3. The standard InChI is InChI=1S/C13H16N4O/c1-10-4-3-5-11(8-10)6-7-13(18)15-12-9-14-17(2)16-12/h3-5,8-9H,6-7H2,1-2H3,(H,15,16,18). The number of nitrogens with one attached hydrogen (secondary N) is 1. The molecule has 2 rings (SSSR count). The molecular formula is C13H16N4O. The van der Waals surface area contributed by atoms with Crippen molar-refractivity contribution < 1.29 is 4.79 Å². The van der Waals surface area contributed by atoms with Gasteiger partial charge in [0.1, 0.15) is 0 Å². The number of carbonyl (C=O) groups excluding carboxylic acids is 1. The fourth-order valence-electron chi connectivity index (χ4n) is 1.73. The Morgan fingerprint density at radius 2 is 2.28 bits per heavy atom. The summed E-state index contributed by atoms with van der Waals surface area (Å²) >= 11 is 0. The van der Waals surface area contributed by atoms with Crippen molar-refractivity contribution in [1.29, 1.82) is 0 Å². The molecule has 0 aliphatic heterocycles. The number of nitrogens with zero attached hydrogens (tertiary/aromatic N) is 3. The Labute approximate surface area is 106 Å². The van der Waals surface area contributed by atoms with Crippen molar-refractivity contribution in [3.63, 3.8) is 0 Å². The van der Waals surface area contributed by atoms with E-state index >= 15 is 0 Å². The monoisotopic (exact) mass is 244 g/mol. The summed E-state index contributed by atoms with van der Waals surface area (Å²) in [5, 5.41) is 10.6. The lowest BCUT2D eigenvalue weighted by atomic mass is 10.1. The van der Waals surface area contributed by atoms with Crippen LogP contribution >= 0.6 is 0 Å². The molecule has 0 fully saturated rings. The van der Waals surface area contributed by atoms with E-state index in [2.05, 4.69) is 21.6 Å². The molecule has 0 unspecified atom stereocenters. The molecule has 0 saturated carbocycles. The summed E-state index contributed by atoms with van der Waals surface area (Å²) in [5.74, 6) is 0.448. The lowest BCUT2D eigenvalue weighted by Crippen LogP contribution is -2.13. The highest BCUT2D eigenvalue weighted by atomic mass is 16.1. The molecule has 0 radical (unpaired) electrons. The Morgan fingerprint density at radius 1 is 1.44 bits per heavy atom. The molecule has 1 aromatic heterocycles. The smallest absolute Gasteiger partial charge is 0.225 e. The van der Waals surface area contributed by atoms with Crippen LogP contribution in [0.2, 0.25) is 0 Å². The molecule has 0 aliphatic carbocycles. The van der Waals surface area contributed by atoms with Crippen LogP contribution in [0.25, 0.3) is 0 Å². The first-order valence-electron chi connectivity index (χ1n) is 5.85. The molecule has 0 saturated heterocycles. The van der Waals surface area contributed by atoms with Gasteiger partial charge in [-0.15, -0.1) is 5.10 Å². The van der Waals surface area contributed by atoms with Crippen LogP contribution in [0, 0.1) is 6.92 Å². The van der Waals surface area contributed by atoms with Crippen LogP contribution < -0.4 is 5.32 Å². The average Bonchev–Trinajstić information content (AvgIpc) is 2.72. The van der Waals surface area contributed by atoms with E-state index in [0.29, 0.717) is 12.2 Å². The van der Waals surface area contributed by atoms with Crippen molar-refractivity contribution in [2.24, 2.45) is 7.05 Å². The van der Waals surface area contributed by atoms with E-state index in [1.807, 2.05) is 25.1 Å². The molecule has 5 heteroatoms. The summed E-state index contributed by atoms with van der Waals surface area (Å²) in [6.45, 7) is 2.04. The average molecular weight is 244 g/mol. The second-order valence-corrected chi connectivity index (χ2v) is 4.26. The number of hydrogen-bond acceptors (Lipinski definition) is 3. The van der Waals surface area contributed by atoms with Gasteiger partial charge >= 0.3 is 0 Å². The molecule has 0 spiro atoms. The topological polar surface area (TPSA) is 59.8 Å². The highest BCUT2D eigenvalue weighted by molar-refractivity contribution is 5.89. The predicted molar refractivity (Wildman–Crippen MR) is 69.1 cm³/mol. The molecule has 1 aromatic carbocycles. The summed E-state index contributed by atoms with van der Waals surface area (Å²) in [4.78, 5) is 13.1. The lowest BCUT2D eigenvalue weighted by Gasteiger charge is -2.03. The summed E-state index contributed by atoms with van der Waals surface area (Å²) in [7, 11) is 1.71. The predicted octanol–water partition coefficient (Wildman–Crippen LogP) is 1.69. The van der Waals surface area contributed by atoms with E-state index in [4.69, 9.17) is 0 Å². The summed E-state index contributed by atoms with van der Waals surface area (Å²) in [6, 6.07) is 8.17. The molecule has 1 heterocycles. The molecule has 0 aliphatic rings. The van der Waals surface area contributed by atoms with Gasteiger partial charge in [0.05, 0.1) is 6.20 Å². The third kappa shape index (κ3) is 3.41. The van der Waals surface area contributed by atoms with Crippen LogP contribution in [0.3, 0.4) is 0 Å². The van der Waals surface area contributed by atoms with Crippen molar-refractivity contribution in [2.45, 2.75) is 19.8 Å². The maximum Gasteiger partial charge on any atom is 0.225 e. The Kier molecular flexibility index (Phi) is 3.72. The van der Waals surface area contributed by atoms with Gasteiger partial charge in [0.2, 0.25) is 5.91 Å². The van der Waals surface area contributed by atoms with Crippen molar-refractivity contribution in [3.05, 3.63) is 41.6 Å². The fourth-order valence-corrected chi connectivity index (χ4v) is 1.73. The third-order valence-electron chi connectivity index (χ3n) is 2.59. The quantitative estimate of drug-likeness (QED) is 0.890. The van der Waals surface area contributed by atoms with Crippen molar-refractivity contribution in [3.8, 4) is 0 Å². The molecular weight excluding hydrogens is 228 g/mol. The highest BCUT2D eigenvalue weighted by Gasteiger charge is 2.05. The summed E-state index contributed by atoms with van der Waals surface area (Å²) in [5.41, 5.74) is 2.38. The summed E-state index contributed by atoms with van der Waals surface area (Å²) < 4.78 is 0. The minimum atomic E-state index is -0.0444. The maximum absolute atomic E-state index is 11.7. The Bertz CT molecular complexity index is 547. The minimum Gasteiger partial charge on any atom is -0.308 e. The molecule has 94 valence electrons. The largest absolute Gasteiger partial charge is 0.308 e.